The van der Waals surface area contributed by atoms with Crippen molar-refractivity contribution in [1.29, 1.82) is 0 Å². The summed E-state index contributed by atoms with van der Waals surface area (Å²) in [7, 11) is 0. The van der Waals surface area contributed by atoms with Crippen LogP contribution >= 0.6 is 0 Å². The highest BCUT2D eigenvalue weighted by Gasteiger charge is 2.69. The van der Waals surface area contributed by atoms with Crippen molar-refractivity contribution in [1.82, 2.24) is 0 Å². The molecular weight excluding hydrogens is 168 g/mol. The Balaban J connectivity index is 1.62. The van der Waals surface area contributed by atoms with Crippen LogP contribution in [0.3, 0.4) is 0 Å². The molecule has 2 saturated carbocycles. The molecular formula is C14H25-. The molecule has 0 spiro atoms. The molecule has 0 heterocycles. The average Bonchev–Trinajstić information content (AvgIpc) is 2.94. The number of fused-ring (bicyclic) bond motifs is 1. The van der Waals surface area contributed by atoms with E-state index in [-0.39, 0.29) is 0 Å². The van der Waals surface area contributed by atoms with Crippen molar-refractivity contribution in [2.24, 2.45) is 35.5 Å². The van der Waals surface area contributed by atoms with Crippen LogP contribution in [0.25, 0.3) is 0 Å². The van der Waals surface area contributed by atoms with Gasteiger partial charge in [-0.1, -0.05) is 27.2 Å². The van der Waals surface area contributed by atoms with E-state index >= 15 is 0 Å². The summed E-state index contributed by atoms with van der Waals surface area (Å²) in [6.07, 6.45) is 2.92. The van der Waals surface area contributed by atoms with Crippen LogP contribution in [0.15, 0.2) is 0 Å². The first-order chi connectivity index (χ1) is 6.52. The molecule has 0 aromatic heterocycles. The fraction of sp³-hybridized carbons (Fsp3) is 0.929. The monoisotopic (exact) mass is 193 g/mol. The quantitative estimate of drug-likeness (QED) is 0.575. The van der Waals surface area contributed by atoms with Gasteiger partial charge in [0, 0.05) is 0 Å². The number of rotatable bonds is 5. The van der Waals surface area contributed by atoms with E-state index in [4.69, 9.17) is 0 Å². The Morgan fingerprint density at radius 2 is 1.71 bits per heavy atom. The van der Waals surface area contributed by atoms with Crippen LogP contribution in [0, 0.1) is 41.4 Å². The van der Waals surface area contributed by atoms with Crippen molar-refractivity contribution < 1.29 is 0 Å². The highest BCUT2D eigenvalue weighted by atomic mass is 14.7. The Morgan fingerprint density at radius 1 is 1.14 bits per heavy atom. The van der Waals surface area contributed by atoms with E-state index < -0.39 is 0 Å². The van der Waals surface area contributed by atoms with Crippen LogP contribution in [0.5, 0.6) is 0 Å². The van der Waals surface area contributed by atoms with Gasteiger partial charge in [-0.05, 0) is 36.0 Å². The van der Waals surface area contributed by atoms with E-state index in [1.807, 2.05) is 0 Å². The Kier molecular flexibility index (Phi) is 2.66. The van der Waals surface area contributed by atoms with Gasteiger partial charge in [0.25, 0.3) is 0 Å². The van der Waals surface area contributed by atoms with E-state index in [9.17, 15) is 0 Å². The second-order valence-electron chi connectivity index (χ2n) is 6.23. The molecule has 0 N–H and O–H groups in total. The second-order valence-corrected chi connectivity index (χ2v) is 6.23. The van der Waals surface area contributed by atoms with Crippen LogP contribution in [0.2, 0.25) is 0 Å². The zero-order chi connectivity index (χ0) is 10.5. The molecule has 0 aromatic rings. The summed E-state index contributed by atoms with van der Waals surface area (Å²) in [5.74, 6) is 7.96. The normalized spacial score (nSPS) is 43.3. The summed E-state index contributed by atoms with van der Waals surface area (Å²) in [6.45, 7) is 11.8. The molecule has 0 nitrogen and oxygen atoms in total. The molecule has 0 radical (unpaired) electrons. The lowest BCUT2D eigenvalue weighted by atomic mass is 9.84. The van der Waals surface area contributed by atoms with Crippen molar-refractivity contribution in [2.45, 2.75) is 47.5 Å². The molecule has 0 saturated heterocycles. The van der Waals surface area contributed by atoms with Crippen LogP contribution in [0.1, 0.15) is 47.5 Å². The molecule has 0 heteroatoms. The molecule has 2 aliphatic carbocycles. The third-order valence-electron chi connectivity index (χ3n) is 4.78. The van der Waals surface area contributed by atoms with Crippen LogP contribution < -0.4 is 0 Å². The minimum Gasteiger partial charge on any atom is -0.317 e. The lowest BCUT2D eigenvalue weighted by Gasteiger charge is -2.31. The van der Waals surface area contributed by atoms with E-state index in [0.29, 0.717) is 0 Å². The van der Waals surface area contributed by atoms with Crippen molar-refractivity contribution in [2.75, 3.05) is 0 Å². The molecule has 4 atom stereocenters. The summed E-state index contributed by atoms with van der Waals surface area (Å²) in [5, 5.41) is 0. The molecule has 82 valence electrons. The predicted octanol–water partition coefficient (Wildman–Crippen LogP) is 4.16. The largest absolute Gasteiger partial charge is 0.317 e. The van der Waals surface area contributed by atoms with Crippen LogP contribution in [-0.2, 0) is 0 Å². The third kappa shape index (κ3) is 1.85. The molecule has 2 aliphatic rings. The minimum absolute atomic E-state index is 0.831. The molecule has 2 fully saturated rings. The summed E-state index contributed by atoms with van der Waals surface area (Å²) in [4.78, 5) is 0. The SMILES string of the molecule is C[C-](C)C(C)CC(C)CC1C2C(C)C12. The van der Waals surface area contributed by atoms with Gasteiger partial charge in [0.15, 0.2) is 0 Å². The number of hydrogen-bond acceptors (Lipinski definition) is 0. The minimum atomic E-state index is 0.831. The smallest absolute Gasteiger partial charge is 0.0320 e. The zero-order valence-electron chi connectivity index (χ0n) is 10.4. The lowest BCUT2D eigenvalue weighted by Crippen LogP contribution is -2.10. The highest BCUT2D eigenvalue weighted by molar-refractivity contribution is 5.17. The highest BCUT2D eigenvalue weighted by Crippen LogP contribution is 2.74. The second kappa shape index (κ2) is 3.54. The van der Waals surface area contributed by atoms with Crippen molar-refractivity contribution >= 4 is 0 Å². The molecule has 2 rings (SSSR count). The van der Waals surface area contributed by atoms with Gasteiger partial charge < -0.3 is 5.92 Å². The van der Waals surface area contributed by atoms with E-state index in [1.54, 1.807) is 5.92 Å². The summed E-state index contributed by atoms with van der Waals surface area (Å²) in [5.41, 5.74) is 0. The van der Waals surface area contributed by atoms with Gasteiger partial charge in [0.2, 0.25) is 0 Å². The Bertz CT molecular complexity index is 196. The molecule has 0 bridgehead atoms. The first-order valence-electron chi connectivity index (χ1n) is 6.32. The van der Waals surface area contributed by atoms with Crippen molar-refractivity contribution in [3.8, 4) is 0 Å². The maximum Gasteiger partial charge on any atom is -0.0320 e. The first-order valence-corrected chi connectivity index (χ1v) is 6.32. The zero-order valence-corrected chi connectivity index (χ0v) is 10.4. The molecule has 0 amide bonds. The Morgan fingerprint density at radius 3 is 2.14 bits per heavy atom. The summed E-state index contributed by atoms with van der Waals surface area (Å²) in [6, 6.07) is 0. The van der Waals surface area contributed by atoms with Crippen molar-refractivity contribution in [3.63, 3.8) is 0 Å². The molecule has 4 unspecified atom stereocenters. The number of hydrogen-bond donors (Lipinski definition) is 0. The van der Waals surface area contributed by atoms with Gasteiger partial charge in [-0.15, -0.1) is 0 Å². The Labute approximate surface area is 89.5 Å². The van der Waals surface area contributed by atoms with Gasteiger partial charge >= 0.3 is 0 Å². The predicted molar refractivity (Wildman–Crippen MR) is 61.8 cm³/mol. The maximum atomic E-state index is 2.45. The van der Waals surface area contributed by atoms with E-state index in [2.05, 4.69) is 34.6 Å². The molecule has 0 aromatic carbocycles. The van der Waals surface area contributed by atoms with Gasteiger partial charge in [-0.2, -0.15) is 19.8 Å². The first kappa shape index (κ1) is 10.5. The summed E-state index contributed by atoms with van der Waals surface area (Å²) >= 11 is 0. The molecule has 14 heavy (non-hydrogen) atoms. The standard InChI is InChI=1S/C14H25/c1-8(2)10(4)6-9(3)7-12-13-11(5)14(12)13/h9-14H,6-7H2,1-5H3/q-1. The van der Waals surface area contributed by atoms with E-state index in [1.165, 1.54) is 24.7 Å². The maximum absolute atomic E-state index is 2.45. The van der Waals surface area contributed by atoms with Crippen molar-refractivity contribution in [3.05, 3.63) is 5.92 Å². The fourth-order valence-corrected chi connectivity index (χ4v) is 3.30. The lowest BCUT2D eigenvalue weighted by molar-refractivity contribution is 0.341. The van der Waals surface area contributed by atoms with Gasteiger partial charge in [0.05, 0.1) is 0 Å². The van der Waals surface area contributed by atoms with Gasteiger partial charge in [0.1, 0.15) is 0 Å². The Hall–Kier alpha value is 0. The van der Waals surface area contributed by atoms with Gasteiger partial charge in [-0.3, -0.25) is 0 Å². The van der Waals surface area contributed by atoms with E-state index in [0.717, 1.165) is 23.7 Å². The third-order valence-corrected chi connectivity index (χ3v) is 4.78. The average molecular weight is 193 g/mol. The fourth-order valence-electron chi connectivity index (χ4n) is 3.30. The van der Waals surface area contributed by atoms with Gasteiger partial charge in [-0.25, -0.2) is 0 Å². The van der Waals surface area contributed by atoms with Crippen LogP contribution in [0.4, 0.5) is 0 Å². The molecule has 0 aliphatic heterocycles. The summed E-state index contributed by atoms with van der Waals surface area (Å²) < 4.78 is 0. The van der Waals surface area contributed by atoms with Crippen LogP contribution in [-0.4, -0.2) is 0 Å². The topological polar surface area (TPSA) is 0 Å².